The molecule has 0 aliphatic rings. The van der Waals surface area contributed by atoms with Crippen LogP contribution >= 0.6 is 0 Å². The Labute approximate surface area is 108 Å². The van der Waals surface area contributed by atoms with E-state index < -0.39 is 0 Å². The van der Waals surface area contributed by atoms with Gasteiger partial charge in [-0.2, -0.15) is 0 Å². The van der Waals surface area contributed by atoms with Gasteiger partial charge in [-0.25, -0.2) is 0 Å². The standard InChI is InChI=1S/C10H10.C5H9NO2/c1-3-9-7-5-6-8-10(9)4-2;1-4(2)5(8)6-3-7/h3-8H,1-2H2;7H,1,3H2,2H3,(H,6,8). The van der Waals surface area contributed by atoms with Crippen molar-refractivity contribution >= 4 is 18.1 Å². The molecule has 1 amide bonds. The number of amides is 1. The SMILES string of the molecule is C=C(C)C(=O)NCO.C=Cc1ccccc1C=C. The smallest absolute Gasteiger partial charge is 0.248 e. The van der Waals surface area contributed by atoms with Gasteiger partial charge in [0.05, 0.1) is 0 Å². The number of nitrogens with one attached hydrogen (secondary N) is 1. The van der Waals surface area contributed by atoms with Gasteiger partial charge in [-0.15, -0.1) is 0 Å². The van der Waals surface area contributed by atoms with Crippen LogP contribution in [-0.4, -0.2) is 17.7 Å². The summed E-state index contributed by atoms with van der Waals surface area (Å²) in [5.41, 5.74) is 2.68. The molecule has 0 radical (unpaired) electrons. The highest BCUT2D eigenvalue weighted by Gasteiger charge is 1.95. The fraction of sp³-hybridized carbons (Fsp3) is 0.133. The predicted molar refractivity (Wildman–Crippen MR) is 76.7 cm³/mol. The van der Waals surface area contributed by atoms with E-state index >= 15 is 0 Å². The van der Waals surface area contributed by atoms with Crippen molar-refractivity contribution in [1.29, 1.82) is 0 Å². The third-order valence-corrected chi connectivity index (χ3v) is 2.06. The molecule has 0 bridgehead atoms. The van der Waals surface area contributed by atoms with Crippen LogP contribution in [0.15, 0.2) is 49.6 Å². The number of hydrogen-bond donors (Lipinski definition) is 2. The van der Waals surface area contributed by atoms with Gasteiger partial charge in [0.15, 0.2) is 0 Å². The number of hydrogen-bond acceptors (Lipinski definition) is 2. The Bertz CT molecular complexity index is 409. The molecule has 0 aliphatic heterocycles. The van der Waals surface area contributed by atoms with Crippen molar-refractivity contribution in [2.45, 2.75) is 6.92 Å². The molecule has 18 heavy (non-hydrogen) atoms. The first-order chi connectivity index (χ1) is 8.56. The van der Waals surface area contributed by atoms with Crippen molar-refractivity contribution in [3.8, 4) is 0 Å². The van der Waals surface area contributed by atoms with E-state index in [-0.39, 0.29) is 12.6 Å². The molecule has 3 nitrogen and oxygen atoms in total. The van der Waals surface area contributed by atoms with Crippen LogP contribution in [-0.2, 0) is 4.79 Å². The minimum absolute atomic E-state index is 0.312. The van der Waals surface area contributed by atoms with E-state index in [1.165, 1.54) is 0 Å². The second kappa shape index (κ2) is 8.96. The fourth-order valence-electron chi connectivity index (χ4n) is 1.11. The monoisotopic (exact) mass is 245 g/mol. The van der Waals surface area contributed by atoms with Gasteiger partial charge in [0, 0.05) is 5.57 Å². The van der Waals surface area contributed by atoms with Gasteiger partial charge in [0.1, 0.15) is 6.73 Å². The van der Waals surface area contributed by atoms with Gasteiger partial charge < -0.3 is 10.4 Å². The number of aliphatic hydroxyl groups excluding tert-OH is 1. The largest absolute Gasteiger partial charge is 0.376 e. The molecule has 1 aromatic rings. The van der Waals surface area contributed by atoms with Gasteiger partial charge in [0.2, 0.25) is 5.91 Å². The second-order valence-electron chi connectivity index (χ2n) is 3.48. The minimum Gasteiger partial charge on any atom is -0.376 e. The lowest BCUT2D eigenvalue weighted by Gasteiger charge is -1.96. The van der Waals surface area contributed by atoms with Crippen LogP contribution in [0.1, 0.15) is 18.1 Å². The Hall–Kier alpha value is -2.13. The number of carbonyl (C=O) groups is 1. The van der Waals surface area contributed by atoms with Crippen LogP contribution in [0.25, 0.3) is 12.2 Å². The average molecular weight is 245 g/mol. The Kier molecular flexibility index (Phi) is 7.90. The summed E-state index contributed by atoms with van der Waals surface area (Å²) in [5.74, 6) is -0.312. The summed E-state index contributed by atoms with van der Waals surface area (Å²) >= 11 is 0. The summed E-state index contributed by atoms with van der Waals surface area (Å²) in [4.78, 5) is 10.4. The van der Waals surface area contributed by atoms with Crippen molar-refractivity contribution in [1.82, 2.24) is 5.32 Å². The molecule has 0 aromatic heterocycles. The first kappa shape index (κ1) is 15.9. The highest BCUT2D eigenvalue weighted by molar-refractivity contribution is 5.91. The quantitative estimate of drug-likeness (QED) is 0.632. The van der Waals surface area contributed by atoms with Crippen molar-refractivity contribution in [2.75, 3.05) is 6.73 Å². The second-order valence-corrected chi connectivity index (χ2v) is 3.48. The summed E-state index contributed by atoms with van der Waals surface area (Å²) in [7, 11) is 0. The summed E-state index contributed by atoms with van der Waals surface area (Å²) < 4.78 is 0. The van der Waals surface area contributed by atoms with Crippen molar-refractivity contribution in [3.05, 3.63) is 60.7 Å². The van der Waals surface area contributed by atoms with E-state index in [2.05, 4.69) is 25.1 Å². The van der Waals surface area contributed by atoms with Crippen molar-refractivity contribution in [3.63, 3.8) is 0 Å². The zero-order valence-electron chi connectivity index (χ0n) is 10.6. The van der Waals surface area contributed by atoms with E-state index in [4.69, 9.17) is 5.11 Å². The number of benzene rings is 1. The number of carbonyl (C=O) groups excluding carboxylic acids is 1. The number of rotatable bonds is 4. The van der Waals surface area contributed by atoms with Gasteiger partial charge in [-0.3, -0.25) is 4.79 Å². The van der Waals surface area contributed by atoms with Gasteiger partial charge >= 0.3 is 0 Å². The summed E-state index contributed by atoms with van der Waals surface area (Å²) in [6, 6.07) is 8.02. The van der Waals surface area contributed by atoms with Gasteiger partial charge in [-0.1, -0.05) is 56.2 Å². The van der Waals surface area contributed by atoms with Crippen LogP contribution in [0, 0.1) is 0 Å². The lowest BCUT2D eigenvalue weighted by atomic mass is 10.1. The fourth-order valence-corrected chi connectivity index (χ4v) is 1.11. The molecule has 0 unspecified atom stereocenters. The third-order valence-electron chi connectivity index (χ3n) is 2.06. The van der Waals surface area contributed by atoms with Gasteiger partial charge in [0.25, 0.3) is 0 Å². The molecule has 0 aliphatic carbocycles. The number of aliphatic hydroxyl groups is 1. The molecule has 0 fully saturated rings. The van der Waals surface area contributed by atoms with Crippen LogP contribution < -0.4 is 5.32 Å². The molecular formula is C15H19NO2. The van der Waals surface area contributed by atoms with E-state index in [1.54, 1.807) is 6.92 Å². The van der Waals surface area contributed by atoms with Crippen molar-refractivity contribution < 1.29 is 9.90 Å². The summed E-state index contributed by atoms with van der Waals surface area (Å²) in [5, 5.41) is 10.3. The summed E-state index contributed by atoms with van der Waals surface area (Å²) in [6.07, 6.45) is 3.66. The maximum absolute atomic E-state index is 10.4. The Morgan fingerprint density at radius 1 is 1.28 bits per heavy atom. The van der Waals surface area contributed by atoms with E-state index in [1.807, 2.05) is 36.4 Å². The molecule has 0 atom stereocenters. The average Bonchev–Trinajstić information content (AvgIpc) is 2.39. The van der Waals surface area contributed by atoms with E-state index in [9.17, 15) is 4.79 Å². The zero-order chi connectivity index (χ0) is 14.0. The summed E-state index contributed by atoms with van der Waals surface area (Å²) in [6.45, 7) is 12.0. The van der Waals surface area contributed by atoms with E-state index in [0.717, 1.165) is 11.1 Å². The predicted octanol–water partition coefficient (Wildman–Crippen LogP) is 2.60. The molecular weight excluding hydrogens is 226 g/mol. The third kappa shape index (κ3) is 5.82. The molecule has 0 saturated carbocycles. The Balaban J connectivity index is 0.000000331. The van der Waals surface area contributed by atoms with Crippen molar-refractivity contribution in [2.24, 2.45) is 0 Å². The normalized spacial score (nSPS) is 8.56. The minimum atomic E-state index is -0.328. The zero-order valence-corrected chi connectivity index (χ0v) is 10.6. The topological polar surface area (TPSA) is 49.3 Å². The molecule has 0 heterocycles. The molecule has 0 spiro atoms. The lowest BCUT2D eigenvalue weighted by Crippen LogP contribution is -2.24. The molecule has 3 heteroatoms. The van der Waals surface area contributed by atoms with Crippen LogP contribution in [0.4, 0.5) is 0 Å². The Morgan fingerprint density at radius 3 is 1.94 bits per heavy atom. The maximum atomic E-state index is 10.4. The molecule has 2 N–H and O–H groups in total. The highest BCUT2D eigenvalue weighted by Crippen LogP contribution is 2.10. The first-order valence-corrected chi connectivity index (χ1v) is 5.45. The molecule has 1 aromatic carbocycles. The van der Waals surface area contributed by atoms with Crippen LogP contribution in [0.5, 0.6) is 0 Å². The molecule has 1 rings (SSSR count). The van der Waals surface area contributed by atoms with Crippen LogP contribution in [0.2, 0.25) is 0 Å². The van der Waals surface area contributed by atoms with Crippen LogP contribution in [0.3, 0.4) is 0 Å². The van der Waals surface area contributed by atoms with Gasteiger partial charge in [-0.05, 0) is 18.1 Å². The Morgan fingerprint density at radius 2 is 1.72 bits per heavy atom. The highest BCUT2D eigenvalue weighted by atomic mass is 16.3. The van der Waals surface area contributed by atoms with E-state index in [0.29, 0.717) is 5.57 Å². The molecule has 0 saturated heterocycles. The maximum Gasteiger partial charge on any atom is 0.248 e. The molecule has 96 valence electrons. The lowest BCUT2D eigenvalue weighted by molar-refractivity contribution is -0.118. The first-order valence-electron chi connectivity index (χ1n) is 5.45.